The van der Waals surface area contributed by atoms with Crippen LogP contribution in [0.3, 0.4) is 0 Å². The zero-order chi connectivity index (χ0) is 38.5. The van der Waals surface area contributed by atoms with Crippen LogP contribution in [0.5, 0.6) is 0 Å². The summed E-state index contributed by atoms with van der Waals surface area (Å²) in [5.74, 6) is -0.345. The Morgan fingerprint density at radius 2 is 1.56 bits per heavy atom. The molecule has 0 saturated heterocycles. The van der Waals surface area contributed by atoms with E-state index in [1.54, 1.807) is 30.6 Å². The van der Waals surface area contributed by atoms with E-state index in [0.29, 0.717) is 44.9 Å². The van der Waals surface area contributed by atoms with Gasteiger partial charge in [-0.2, -0.15) is 0 Å². The summed E-state index contributed by atoms with van der Waals surface area (Å²) >= 11 is 0. The molecule has 4 nitrogen and oxygen atoms in total. The monoisotopic (exact) mass is 834 g/mol. The molecule has 0 N–H and O–H groups in total. The average Bonchev–Trinajstić information content (AvgIpc) is 3.47. The Morgan fingerprint density at radius 1 is 0.792 bits per heavy atom. The maximum Gasteiger partial charge on any atom is 0.216 e. The number of furan rings is 1. The van der Waals surface area contributed by atoms with Crippen molar-refractivity contribution in [3.05, 3.63) is 131 Å². The fourth-order valence-electron chi connectivity index (χ4n) is 5.92. The van der Waals surface area contributed by atoms with Crippen molar-refractivity contribution in [3.63, 3.8) is 0 Å². The summed E-state index contributed by atoms with van der Waals surface area (Å²) in [4.78, 5) is 13.0. The maximum absolute atomic E-state index is 14.8. The van der Waals surface area contributed by atoms with Crippen molar-refractivity contribution >= 4 is 35.3 Å². The molecular formula is C41H38FIrN3OSi-2. The first-order valence-electron chi connectivity index (χ1n) is 18.3. The molecule has 7 aromatic rings. The Morgan fingerprint density at radius 3 is 2.25 bits per heavy atom. The summed E-state index contributed by atoms with van der Waals surface area (Å²) in [6.07, 6.45) is 4.62. The number of halogens is 1. The number of aryl methyl sites for hydroxylation is 5. The normalized spacial score (nSPS) is 13.6. The van der Waals surface area contributed by atoms with E-state index in [4.69, 9.17) is 12.6 Å². The largest absolute Gasteiger partial charge is 0.486 e. The summed E-state index contributed by atoms with van der Waals surface area (Å²) < 4.78 is 66.4. The molecule has 0 spiro atoms. The summed E-state index contributed by atoms with van der Waals surface area (Å²) in [5, 5.41) is 2.69. The third-order valence-electron chi connectivity index (χ3n) is 8.07. The standard InChI is InChI=1S/C25H18FN2O.C16H20NSi.Ir/c1-14-10-15(2)23(16(3)11-14)20-12-22(28-13-21(20)26)19-7-4-6-17-18-8-5-9-27-25(18)29-24(17)19;1-12-6-8-14(9-7-12)15-10-13(2)16(11-17-15)18(3,4)5;/h4-6,8-13H,1-3H3;6-8,10-11H,1-5H3;/q2*-1;/i;1D3,2D3;. The predicted molar refractivity (Wildman–Crippen MR) is 194 cm³/mol. The van der Waals surface area contributed by atoms with Crippen molar-refractivity contribution in [2.24, 2.45) is 0 Å². The van der Waals surface area contributed by atoms with Crippen molar-refractivity contribution < 1.29 is 37.1 Å². The molecule has 0 aliphatic rings. The number of benzene rings is 3. The molecule has 0 aliphatic carbocycles. The predicted octanol–water partition coefficient (Wildman–Crippen LogP) is 10.3. The van der Waals surface area contributed by atoms with Gasteiger partial charge in [0.25, 0.3) is 0 Å². The molecule has 0 bridgehead atoms. The molecule has 3 aromatic carbocycles. The number of rotatable bonds is 4. The molecule has 245 valence electrons. The Kier molecular flexibility index (Phi) is 8.09. The fourth-order valence-corrected chi connectivity index (χ4v) is 7.25. The number of aromatic nitrogens is 3. The molecule has 4 heterocycles. The van der Waals surface area contributed by atoms with Crippen LogP contribution in [0.4, 0.5) is 4.39 Å². The van der Waals surface area contributed by atoms with Gasteiger partial charge in [0.1, 0.15) is 5.82 Å². The van der Waals surface area contributed by atoms with Gasteiger partial charge in [-0.15, -0.1) is 53.6 Å². The van der Waals surface area contributed by atoms with Gasteiger partial charge < -0.3 is 14.4 Å². The van der Waals surface area contributed by atoms with E-state index < -0.39 is 21.8 Å². The Balaban J connectivity index is 0.000000208. The van der Waals surface area contributed by atoms with Crippen LogP contribution in [0.25, 0.3) is 55.7 Å². The minimum absolute atomic E-state index is 0. The number of hydrogen-bond donors (Lipinski definition) is 0. The molecule has 48 heavy (non-hydrogen) atoms. The van der Waals surface area contributed by atoms with E-state index in [1.807, 2.05) is 45.0 Å². The maximum atomic E-state index is 14.8. The van der Waals surface area contributed by atoms with Gasteiger partial charge in [-0.3, -0.25) is 0 Å². The van der Waals surface area contributed by atoms with Gasteiger partial charge in [0.15, 0.2) is 0 Å². The van der Waals surface area contributed by atoms with E-state index in [2.05, 4.69) is 58.9 Å². The molecule has 0 saturated carbocycles. The zero-order valence-corrected chi connectivity index (χ0v) is 30.9. The molecule has 0 unspecified atom stereocenters. The van der Waals surface area contributed by atoms with Gasteiger partial charge in [0, 0.05) is 51.7 Å². The van der Waals surface area contributed by atoms with Crippen molar-refractivity contribution in [2.45, 2.75) is 54.1 Å². The van der Waals surface area contributed by atoms with E-state index in [9.17, 15) is 4.39 Å². The van der Waals surface area contributed by atoms with Gasteiger partial charge in [-0.05, 0) is 73.0 Å². The van der Waals surface area contributed by atoms with E-state index in [0.717, 1.165) is 38.2 Å². The van der Waals surface area contributed by atoms with Crippen LogP contribution in [0.2, 0.25) is 19.6 Å². The third kappa shape index (κ3) is 7.09. The van der Waals surface area contributed by atoms with Crippen LogP contribution < -0.4 is 5.19 Å². The fraction of sp³-hybridized carbons (Fsp3) is 0.195. The third-order valence-corrected chi connectivity index (χ3v) is 10.1. The van der Waals surface area contributed by atoms with Gasteiger partial charge in [0.05, 0.1) is 19.9 Å². The average molecular weight is 834 g/mol. The molecule has 0 atom stereocenters. The van der Waals surface area contributed by atoms with Crippen LogP contribution in [-0.2, 0) is 20.1 Å². The van der Waals surface area contributed by atoms with Gasteiger partial charge in [-0.25, -0.2) is 9.37 Å². The first kappa shape index (κ1) is 27.6. The SMILES string of the molecule is Cc1cc(C)c(-c2cc(-c3[c-]ccc4c3oc3ncccc34)ncc2F)c(C)c1.[2H]C([2H])([2H])c1c[c-]c(-c2cc(C([2H])([2H])[2H])c([Si](C)(C)C)cn2)cc1.[Ir]. The second-order valence-corrected chi connectivity index (χ2v) is 17.8. The number of pyridine rings is 3. The number of fused-ring (bicyclic) bond motifs is 3. The number of nitrogens with zero attached hydrogens (tertiary/aromatic N) is 3. The smallest absolute Gasteiger partial charge is 0.216 e. The molecule has 0 aliphatic heterocycles. The van der Waals surface area contributed by atoms with E-state index in [-0.39, 0.29) is 31.5 Å². The summed E-state index contributed by atoms with van der Waals surface area (Å²) in [5.41, 5.74) is 8.78. The van der Waals surface area contributed by atoms with Crippen molar-refractivity contribution in [3.8, 4) is 33.6 Å². The Labute approximate surface area is 305 Å². The molecular weight excluding hydrogens is 790 g/mol. The minimum atomic E-state index is -2.22. The molecule has 0 amide bonds. The summed E-state index contributed by atoms with van der Waals surface area (Å²) in [6.45, 7) is 7.89. The summed E-state index contributed by atoms with van der Waals surface area (Å²) in [7, 11) is -1.85. The van der Waals surface area contributed by atoms with Crippen LogP contribution >= 0.6 is 0 Å². The van der Waals surface area contributed by atoms with Crippen molar-refractivity contribution in [2.75, 3.05) is 0 Å². The Bertz CT molecular complexity index is 2450. The van der Waals surface area contributed by atoms with Gasteiger partial charge in [-0.1, -0.05) is 72.8 Å². The van der Waals surface area contributed by atoms with Crippen LogP contribution in [0.1, 0.15) is 36.0 Å². The van der Waals surface area contributed by atoms with E-state index >= 15 is 0 Å². The first-order valence-corrected chi connectivity index (χ1v) is 18.8. The van der Waals surface area contributed by atoms with Crippen molar-refractivity contribution in [1.29, 1.82) is 0 Å². The van der Waals surface area contributed by atoms with Crippen LogP contribution in [0.15, 0.2) is 89.7 Å². The molecule has 4 aromatic heterocycles. The van der Waals surface area contributed by atoms with Gasteiger partial charge >= 0.3 is 0 Å². The molecule has 0 fully saturated rings. The molecule has 7 heteroatoms. The van der Waals surface area contributed by atoms with E-state index in [1.165, 1.54) is 18.3 Å². The quantitative estimate of drug-likeness (QED) is 0.131. The molecule has 1 radical (unpaired) electrons. The second-order valence-electron chi connectivity index (χ2n) is 12.7. The topological polar surface area (TPSA) is 51.8 Å². The van der Waals surface area contributed by atoms with Crippen molar-refractivity contribution in [1.82, 2.24) is 15.0 Å². The summed E-state index contributed by atoms with van der Waals surface area (Å²) in [6, 6.07) is 25.8. The first-order chi connectivity index (χ1) is 24.8. The minimum Gasteiger partial charge on any atom is -0.486 e. The van der Waals surface area contributed by atoms with Crippen LogP contribution in [0, 0.1) is 52.4 Å². The molecule has 7 rings (SSSR count). The number of hydrogen-bond acceptors (Lipinski definition) is 4. The van der Waals surface area contributed by atoms with Crippen LogP contribution in [-0.4, -0.2) is 23.0 Å². The van der Waals surface area contributed by atoms with Gasteiger partial charge in [0.2, 0.25) is 5.71 Å². The second kappa shape index (κ2) is 14.1. The Hall–Kier alpha value is -4.29. The zero-order valence-electron chi connectivity index (χ0n) is 33.5.